The Bertz CT molecular complexity index is 341. The predicted octanol–water partition coefficient (Wildman–Crippen LogP) is 4.68. The molecule has 0 radical (unpaired) electrons. The zero-order chi connectivity index (χ0) is 12.3. The first-order valence-electron chi connectivity index (χ1n) is 6.22. The lowest BCUT2D eigenvalue weighted by Gasteiger charge is -2.06. The van der Waals surface area contributed by atoms with E-state index >= 15 is 0 Å². The summed E-state index contributed by atoms with van der Waals surface area (Å²) < 4.78 is -1.44. The van der Waals surface area contributed by atoms with Crippen molar-refractivity contribution in [3.8, 4) is 0 Å². The van der Waals surface area contributed by atoms with E-state index in [1.807, 2.05) is 0 Å². The average molecular weight is 296 g/mol. The molecular formula is C12H17Cl3N2. The van der Waals surface area contributed by atoms with Crippen molar-refractivity contribution in [1.29, 1.82) is 0 Å². The van der Waals surface area contributed by atoms with Gasteiger partial charge in [-0.3, -0.25) is 0 Å². The third-order valence-corrected chi connectivity index (χ3v) is 3.76. The maximum absolute atomic E-state index is 5.86. The van der Waals surface area contributed by atoms with Crippen LogP contribution in [0.1, 0.15) is 55.7 Å². The van der Waals surface area contributed by atoms with E-state index in [1.165, 1.54) is 38.5 Å². The summed E-state index contributed by atoms with van der Waals surface area (Å²) in [5, 5.41) is 0. The van der Waals surface area contributed by atoms with Gasteiger partial charge in [0.25, 0.3) is 0 Å². The van der Waals surface area contributed by atoms with Gasteiger partial charge in [0.05, 0.1) is 5.69 Å². The van der Waals surface area contributed by atoms with E-state index in [2.05, 4.69) is 9.97 Å². The third kappa shape index (κ3) is 3.77. The number of rotatable bonds is 0. The molecule has 0 unspecified atom stereocenters. The minimum Gasteiger partial charge on any atom is -0.342 e. The van der Waals surface area contributed by atoms with E-state index in [0.717, 1.165) is 24.2 Å². The Hall–Kier alpha value is 0.0800. The molecule has 0 amide bonds. The Morgan fingerprint density at radius 3 is 2.12 bits per heavy atom. The first-order valence-corrected chi connectivity index (χ1v) is 7.36. The number of imidazole rings is 1. The largest absolute Gasteiger partial charge is 0.342 e. The highest BCUT2D eigenvalue weighted by atomic mass is 35.6. The molecule has 96 valence electrons. The van der Waals surface area contributed by atoms with Gasteiger partial charge in [-0.05, 0) is 25.7 Å². The number of H-pyrrole nitrogens is 1. The van der Waals surface area contributed by atoms with E-state index in [1.54, 1.807) is 0 Å². The number of aromatic amines is 1. The minimum absolute atomic E-state index is 0.465. The van der Waals surface area contributed by atoms with Crippen LogP contribution >= 0.6 is 34.8 Å². The number of aryl methyl sites for hydroxylation is 2. The summed E-state index contributed by atoms with van der Waals surface area (Å²) in [6, 6.07) is 0. The molecular weight excluding hydrogens is 279 g/mol. The Kier molecular flexibility index (Phi) is 4.62. The lowest BCUT2D eigenvalue weighted by molar-refractivity contribution is 0.576. The van der Waals surface area contributed by atoms with Crippen LogP contribution in [0.25, 0.3) is 0 Å². The number of fused-ring (bicyclic) bond motifs is 1. The summed E-state index contributed by atoms with van der Waals surface area (Å²) in [4.78, 5) is 7.63. The number of hydrogen-bond acceptors (Lipinski definition) is 1. The second kappa shape index (κ2) is 5.81. The van der Waals surface area contributed by atoms with Gasteiger partial charge >= 0.3 is 0 Å². The van der Waals surface area contributed by atoms with Gasteiger partial charge in [0.1, 0.15) is 0 Å². The van der Waals surface area contributed by atoms with Crippen LogP contribution in [0.3, 0.4) is 0 Å². The highest BCUT2D eigenvalue weighted by molar-refractivity contribution is 6.66. The molecule has 1 aliphatic carbocycles. The highest BCUT2D eigenvalue weighted by Gasteiger charge is 2.28. The maximum atomic E-state index is 5.86. The fourth-order valence-corrected chi connectivity index (χ4v) is 2.56. The van der Waals surface area contributed by atoms with Gasteiger partial charge in [-0.15, -0.1) is 0 Å². The standard InChI is InChI=1S/C12H17Cl3N2/c13-12(14,15)11-16-9-7-5-3-1-2-4-6-8-10(9)17-11/h1-8H2,(H,16,17). The van der Waals surface area contributed by atoms with Gasteiger partial charge in [-0.25, -0.2) is 4.98 Å². The first kappa shape index (κ1) is 13.5. The molecule has 0 saturated heterocycles. The Labute approximate surface area is 117 Å². The van der Waals surface area contributed by atoms with E-state index in [9.17, 15) is 0 Å². The number of hydrogen-bond donors (Lipinski definition) is 1. The predicted molar refractivity (Wildman–Crippen MR) is 72.9 cm³/mol. The molecule has 0 aromatic carbocycles. The van der Waals surface area contributed by atoms with Crippen molar-refractivity contribution in [3.05, 3.63) is 17.2 Å². The highest BCUT2D eigenvalue weighted by Crippen LogP contribution is 2.37. The Balaban J connectivity index is 2.19. The minimum atomic E-state index is -1.44. The summed E-state index contributed by atoms with van der Waals surface area (Å²) in [6.07, 6.45) is 9.59. The van der Waals surface area contributed by atoms with Gasteiger partial charge in [-0.2, -0.15) is 0 Å². The summed E-state index contributed by atoms with van der Waals surface area (Å²) in [5.41, 5.74) is 2.25. The molecule has 1 N–H and O–H groups in total. The molecule has 1 aromatic rings. The Morgan fingerprint density at radius 1 is 0.882 bits per heavy atom. The molecule has 2 rings (SSSR count). The van der Waals surface area contributed by atoms with Crippen LogP contribution in [0.4, 0.5) is 0 Å². The molecule has 0 spiro atoms. The third-order valence-electron chi connectivity index (χ3n) is 3.22. The fourth-order valence-electron chi connectivity index (χ4n) is 2.29. The van der Waals surface area contributed by atoms with Gasteiger partial charge in [-0.1, -0.05) is 60.5 Å². The molecule has 1 aliphatic rings. The van der Waals surface area contributed by atoms with Gasteiger partial charge < -0.3 is 4.98 Å². The molecule has 5 heteroatoms. The van der Waals surface area contributed by atoms with Crippen molar-refractivity contribution >= 4 is 34.8 Å². The number of nitrogens with zero attached hydrogens (tertiary/aromatic N) is 1. The molecule has 0 aliphatic heterocycles. The summed E-state index contributed by atoms with van der Waals surface area (Å²) in [5.74, 6) is 0.465. The zero-order valence-corrected chi connectivity index (χ0v) is 12.0. The van der Waals surface area contributed by atoms with Crippen molar-refractivity contribution in [2.24, 2.45) is 0 Å². The summed E-state index contributed by atoms with van der Waals surface area (Å²) in [6.45, 7) is 0. The molecule has 1 aromatic heterocycles. The normalized spacial score (nSPS) is 18.8. The van der Waals surface area contributed by atoms with Crippen LogP contribution in [0.15, 0.2) is 0 Å². The molecule has 17 heavy (non-hydrogen) atoms. The van der Waals surface area contributed by atoms with E-state index in [0.29, 0.717) is 5.82 Å². The van der Waals surface area contributed by atoms with Gasteiger partial charge in [0.15, 0.2) is 5.82 Å². The molecule has 0 saturated carbocycles. The molecule has 0 bridgehead atoms. The monoisotopic (exact) mass is 294 g/mol. The van der Waals surface area contributed by atoms with Crippen molar-refractivity contribution in [2.75, 3.05) is 0 Å². The second-order valence-electron chi connectivity index (χ2n) is 4.63. The summed E-state index contributed by atoms with van der Waals surface area (Å²) >= 11 is 17.6. The average Bonchev–Trinajstić information content (AvgIpc) is 2.67. The van der Waals surface area contributed by atoms with E-state index < -0.39 is 3.79 Å². The van der Waals surface area contributed by atoms with Crippen LogP contribution in [-0.4, -0.2) is 9.97 Å². The van der Waals surface area contributed by atoms with Crippen LogP contribution in [-0.2, 0) is 16.6 Å². The second-order valence-corrected chi connectivity index (χ2v) is 6.91. The first-order chi connectivity index (χ1) is 8.07. The number of alkyl halides is 3. The van der Waals surface area contributed by atoms with E-state index in [4.69, 9.17) is 34.8 Å². The lowest BCUT2D eigenvalue weighted by atomic mass is 10.0. The number of halogens is 3. The van der Waals surface area contributed by atoms with Crippen LogP contribution in [0.5, 0.6) is 0 Å². The lowest BCUT2D eigenvalue weighted by Crippen LogP contribution is -2.02. The molecule has 2 nitrogen and oxygen atoms in total. The quantitative estimate of drug-likeness (QED) is 0.692. The topological polar surface area (TPSA) is 28.7 Å². The zero-order valence-electron chi connectivity index (χ0n) is 9.74. The molecule has 0 fully saturated rings. The van der Waals surface area contributed by atoms with Crippen molar-refractivity contribution in [2.45, 2.75) is 55.2 Å². The smallest absolute Gasteiger partial charge is 0.248 e. The van der Waals surface area contributed by atoms with Gasteiger partial charge in [0, 0.05) is 5.69 Å². The van der Waals surface area contributed by atoms with Crippen molar-refractivity contribution < 1.29 is 0 Å². The molecule has 1 heterocycles. The van der Waals surface area contributed by atoms with Gasteiger partial charge in [0.2, 0.25) is 3.79 Å². The Morgan fingerprint density at radius 2 is 1.47 bits per heavy atom. The molecule has 0 atom stereocenters. The van der Waals surface area contributed by atoms with Crippen molar-refractivity contribution in [1.82, 2.24) is 9.97 Å². The van der Waals surface area contributed by atoms with E-state index in [-0.39, 0.29) is 0 Å². The van der Waals surface area contributed by atoms with Crippen LogP contribution in [0, 0.1) is 0 Å². The SMILES string of the molecule is ClC(Cl)(Cl)c1nc2c([nH]1)CCCCCCCC2. The number of nitrogens with one attached hydrogen (secondary N) is 1. The van der Waals surface area contributed by atoms with Crippen molar-refractivity contribution in [3.63, 3.8) is 0 Å². The summed E-state index contributed by atoms with van der Waals surface area (Å²) in [7, 11) is 0. The number of aromatic nitrogens is 2. The van der Waals surface area contributed by atoms with Crippen LogP contribution in [0.2, 0.25) is 0 Å². The fraction of sp³-hybridized carbons (Fsp3) is 0.750. The van der Waals surface area contributed by atoms with Crippen LogP contribution < -0.4 is 0 Å². The maximum Gasteiger partial charge on any atom is 0.248 e.